The number of sulfonamides is 1. The monoisotopic (exact) mass is 314 g/mol. The predicted molar refractivity (Wildman–Crippen MR) is 71.3 cm³/mol. The van der Waals surface area contributed by atoms with Crippen LogP contribution in [0, 0.1) is 0 Å². The highest BCUT2D eigenvalue weighted by Crippen LogP contribution is 2.15. The highest BCUT2D eigenvalue weighted by atomic mass is 79.9. The second kappa shape index (κ2) is 5.12. The van der Waals surface area contributed by atoms with Gasteiger partial charge in [0.25, 0.3) is 0 Å². The van der Waals surface area contributed by atoms with Gasteiger partial charge >= 0.3 is 0 Å². The predicted octanol–water partition coefficient (Wildman–Crippen LogP) is 2.01. The molecule has 2 rings (SSSR count). The van der Waals surface area contributed by atoms with Crippen LogP contribution >= 0.6 is 15.9 Å². The lowest BCUT2D eigenvalue weighted by atomic mass is 10.1. The Morgan fingerprint density at radius 1 is 1.24 bits per heavy atom. The molecule has 0 fully saturated rings. The number of nitrogens with zero attached hydrogens (tertiary/aromatic N) is 1. The van der Waals surface area contributed by atoms with Crippen LogP contribution in [0.5, 0.6) is 0 Å². The van der Waals surface area contributed by atoms with E-state index in [2.05, 4.69) is 25.6 Å². The molecule has 0 spiro atoms. The summed E-state index contributed by atoms with van der Waals surface area (Å²) in [4.78, 5) is 4.26. The number of benzene rings is 1. The molecule has 1 aromatic carbocycles. The molecule has 0 saturated carbocycles. The van der Waals surface area contributed by atoms with Gasteiger partial charge in [-0.15, -0.1) is 0 Å². The topological polar surface area (TPSA) is 59.1 Å². The van der Waals surface area contributed by atoms with Gasteiger partial charge in [0, 0.05) is 18.1 Å². The van der Waals surface area contributed by atoms with Crippen molar-refractivity contribution >= 4 is 36.9 Å². The molecule has 1 N–H and O–H groups in total. The van der Waals surface area contributed by atoms with Crippen molar-refractivity contribution in [1.29, 1.82) is 0 Å². The van der Waals surface area contributed by atoms with Crippen LogP contribution < -0.4 is 4.72 Å². The quantitative estimate of drug-likeness (QED) is 0.878. The van der Waals surface area contributed by atoms with Gasteiger partial charge in [0.05, 0.1) is 5.52 Å². The SMILES string of the molecule is O=S(=O)(CBr)NCc1cccc2cccnc12. The van der Waals surface area contributed by atoms with Crippen molar-refractivity contribution in [2.45, 2.75) is 6.54 Å². The van der Waals surface area contributed by atoms with Gasteiger partial charge in [-0.2, -0.15) is 0 Å². The lowest BCUT2D eigenvalue weighted by Crippen LogP contribution is -2.23. The minimum absolute atomic E-state index is 0.0990. The normalized spacial score (nSPS) is 11.8. The molecular formula is C11H11BrN2O2S. The lowest BCUT2D eigenvalue weighted by molar-refractivity contribution is 0.587. The highest BCUT2D eigenvalue weighted by Gasteiger charge is 2.08. The summed E-state index contributed by atoms with van der Waals surface area (Å²) in [6.07, 6.45) is 1.70. The molecule has 0 bridgehead atoms. The Hall–Kier alpha value is -0.980. The third-order valence-corrected chi connectivity index (χ3v) is 5.02. The number of aromatic nitrogens is 1. The number of rotatable bonds is 4. The second-order valence-electron chi connectivity index (χ2n) is 3.54. The van der Waals surface area contributed by atoms with Crippen LogP contribution in [0.2, 0.25) is 0 Å². The molecule has 0 aliphatic rings. The average Bonchev–Trinajstić information content (AvgIpc) is 2.36. The van der Waals surface area contributed by atoms with Crippen LogP contribution in [0.15, 0.2) is 36.5 Å². The molecule has 0 amide bonds. The van der Waals surface area contributed by atoms with E-state index in [1.165, 1.54) is 0 Å². The zero-order valence-corrected chi connectivity index (χ0v) is 11.3. The van der Waals surface area contributed by atoms with Gasteiger partial charge in [0.2, 0.25) is 10.0 Å². The minimum atomic E-state index is -3.25. The van der Waals surface area contributed by atoms with Crippen molar-refractivity contribution in [2.24, 2.45) is 0 Å². The Labute approximate surface area is 108 Å². The molecule has 6 heteroatoms. The van der Waals surface area contributed by atoms with Crippen molar-refractivity contribution in [3.05, 3.63) is 42.1 Å². The molecule has 0 unspecified atom stereocenters. The van der Waals surface area contributed by atoms with E-state index in [0.717, 1.165) is 16.5 Å². The Morgan fingerprint density at radius 2 is 2.00 bits per heavy atom. The standard InChI is InChI=1S/C11H11BrN2O2S/c12-8-17(15,16)14-7-10-4-1-3-9-5-2-6-13-11(9)10/h1-6,14H,7-8H2. The highest BCUT2D eigenvalue weighted by molar-refractivity contribution is 9.10. The van der Waals surface area contributed by atoms with E-state index in [1.807, 2.05) is 30.3 Å². The van der Waals surface area contributed by atoms with Crippen LogP contribution in [0.25, 0.3) is 10.9 Å². The smallest absolute Gasteiger partial charge is 0.221 e. The molecule has 0 atom stereocenters. The average molecular weight is 315 g/mol. The molecule has 4 nitrogen and oxygen atoms in total. The zero-order chi connectivity index (χ0) is 12.3. The molecule has 0 saturated heterocycles. The van der Waals surface area contributed by atoms with Gasteiger partial charge < -0.3 is 0 Å². The van der Waals surface area contributed by atoms with Crippen LogP contribution in [-0.4, -0.2) is 18.1 Å². The summed E-state index contributed by atoms with van der Waals surface area (Å²) in [5.41, 5.74) is 1.69. The van der Waals surface area contributed by atoms with Crippen molar-refractivity contribution in [3.63, 3.8) is 0 Å². The van der Waals surface area contributed by atoms with Crippen molar-refractivity contribution in [1.82, 2.24) is 9.71 Å². The van der Waals surface area contributed by atoms with E-state index in [4.69, 9.17) is 0 Å². The Kier molecular flexibility index (Phi) is 3.76. The maximum absolute atomic E-state index is 11.3. The van der Waals surface area contributed by atoms with Gasteiger partial charge in [0.1, 0.15) is 4.66 Å². The first-order valence-electron chi connectivity index (χ1n) is 4.98. The fraction of sp³-hybridized carbons (Fsp3) is 0.182. The molecule has 0 radical (unpaired) electrons. The fourth-order valence-electron chi connectivity index (χ4n) is 1.54. The fourth-order valence-corrected chi connectivity index (χ4v) is 2.47. The minimum Gasteiger partial charge on any atom is -0.256 e. The summed E-state index contributed by atoms with van der Waals surface area (Å²) in [6.45, 7) is 0.252. The van der Waals surface area contributed by atoms with Crippen LogP contribution in [-0.2, 0) is 16.6 Å². The number of fused-ring (bicyclic) bond motifs is 1. The summed E-state index contributed by atoms with van der Waals surface area (Å²) in [6, 6.07) is 9.51. The molecule has 0 aliphatic carbocycles. The summed E-state index contributed by atoms with van der Waals surface area (Å²) < 4.78 is 25.1. The van der Waals surface area contributed by atoms with E-state index in [1.54, 1.807) is 6.20 Å². The number of pyridine rings is 1. The van der Waals surface area contributed by atoms with Crippen molar-refractivity contribution < 1.29 is 8.42 Å². The number of halogens is 1. The number of hydrogen-bond acceptors (Lipinski definition) is 3. The van der Waals surface area contributed by atoms with E-state index in [-0.39, 0.29) is 11.2 Å². The first-order chi connectivity index (χ1) is 8.12. The second-order valence-corrected chi connectivity index (χ2v) is 6.65. The Bertz CT molecular complexity index is 623. The maximum atomic E-state index is 11.3. The van der Waals surface area contributed by atoms with Gasteiger partial charge in [0.15, 0.2) is 0 Å². The maximum Gasteiger partial charge on any atom is 0.221 e. The van der Waals surface area contributed by atoms with E-state index in [0.29, 0.717) is 0 Å². The van der Waals surface area contributed by atoms with Gasteiger partial charge in [-0.25, -0.2) is 13.1 Å². The van der Waals surface area contributed by atoms with E-state index >= 15 is 0 Å². The number of alkyl halides is 1. The van der Waals surface area contributed by atoms with Crippen LogP contribution in [0.3, 0.4) is 0 Å². The molecular weight excluding hydrogens is 304 g/mol. The third kappa shape index (κ3) is 3.02. The molecule has 1 heterocycles. The molecule has 1 aromatic heterocycles. The third-order valence-electron chi connectivity index (χ3n) is 2.34. The summed E-state index contributed by atoms with van der Waals surface area (Å²) in [5, 5.41) is 1.00. The molecule has 17 heavy (non-hydrogen) atoms. The van der Waals surface area contributed by atoms with Crippen LogP contribution in [0.1, 0.15) is 5.56 Å². The summed E-state index contributed by atoms with van der Waals surface area (Å²) in [5.74, 6) is 0. The zero-order valence-electron chi connectivity index (χ0n) is 8.93. The van der Waals surface area contributed by atoms with E-state index in [9.17, 15) is 8.42 Å². The molecule has 90 valence electrons. The van der Waals surface area contributed by atoms with Gasteiger partial charge in [-0.05, 0) is 11.6 Å². The van der Waals surface area contributed by atoms with Crippen molar-refractivity contribution in [2.75, 3.05) is 4.66 Å². The first-order valence-corrected chi connectivity index (χ1v) is 7.76. The number of hydrogen-bond donors (Lipinski definition) is 1. The van der Waals surface area contributed by atoms with Gasteiger partial charge in [-0.1, -0.05) is 40.2 Å². The largest absolute Gasteiger partial charge is 0.256 e. The Balaban J connectivity index is 2.31. The van der Waals surface area contributed by atoms with Crippen molar-refractivity contribution in [3.8, 4) is 0 Å². The number of nitrogens with one attached hydrogen (secondary N) is 1. The van der Waals surface area contributed by atoms with Crippen LogP contribution in [0.4, 0.5) is 0 Å². The first kappa shape index (κ1) is 12.5. The molecule has 0 aliphatic heterocycles. The summed E-state index contributed by atoms with van der Waals surface area (Å²) in [7, 11) is -3.25. The lowest BCUT2D eigenvalue weighted by Gasteiger charge is -2.06. The Morgan fingerprint density at radius 3 is 2.76 bits per heavy atom. The summed E-state index contributed by atoms with van der Waals surface area (Å²) >= 11 is 2.93. The van der Waals surface area contributed by atoms with E-state index < -0.39 is 10.0 Å². The number of para-hydroxylation sites is 1. The molecule has 2 aromatic rings. The van der Waals surface area contributed by atoms with Gasteiger partial charge in [-0.3, -0.25) is 4.98 Å².